The van der Waals surface area contributed by atoms with E-state index in [0.29, 0.717) is 13.0 Å². The number of anilines is 2. The van der Waals surface area contributed by atoms with Gasteiger partial charge in [0, 0.05) is 20.0 Å². The molecule has 4 heteroatoms. The third-order valence-corrected chi connectivity index (χ3v) is 2.65. The molecule has 0 spiro atoms. The van der Waals surface area contributed by atoms with E-state index in [1.165, 1.54) is 0 Å². The second kappa shape index (κ2) is 4.43. The average Bonchev–Trinajstić information content (AvgIpc) is 2.41. The molecular formula is C12H16N2O2. The minimum Gasteiger partial charge on any atom is -0.492 e. The molecule has 0 unspecified atom stereocenters. The molecule has 0 aromatic heterocycles. The molecule has 1 aromatic carbocycles. The molecule has 1 aliphatic rings. The summed E-state index contributed by atoms with van der Waals surface area (Å²) < 4.78 is 5.52. The fourth-order valence-corrected chi connectivity index (χ4v) is 1.83. The Morgan fingerprint density at radius 2 is 2.31 bits per heavy atom. The Kier molecular flexibility index (Phi) is 2.99. The smallest absolute Gasteiger partial charge is 0.226 e. The van der Waals surface area contributed by atoms with Crippen LogP contribution in [-0.2, 0) is 4.79 Å². The van der Waals surface area contributed by atoms with Crippen molar-refractivity contribution in [3.05, 3.63) is 18.2 Å². The lowest BCUT2D eigenvalue weighted by Crippen LogP contribution is -2.18. The molecule has 0 bridgehead atoms. The van der Waals surface area contributed by atoms with Gasteiger partial charge in [-0.15, -0.1) is 0 Å². The number of benzene rings is 1. The van der Waals surface area contributed by atoms with Crippen molar-refractivity contribution in [3.8, 4) is 5.75 Å². The zero-order chi connectivity index (χ0) is 11.5. The molecule has 16 heavy (non-hydrogen) atoms. The molecule has 1 aliphatic heterocycles. The van der Waals surface area contributed by atoms with Crippen LogP contribution in [0.4, 0.5) is 11.4 Å². The lowest BCUT2D eigenvalue weighted by atomic mass is 10.2. The Morgan fingerprint density at radius 3 is 3.06 bits per heavy atom. The lowest BCUT2D eigenvalue weighted by Gasteiger charge is -2.19. The number of hydrogen-bond acceptors (Lipinski definition) is 3. The van der Waals surface area contributed by atoms with Crippen molar-refractivity contribution in [2.24, 2.45) is 0 Å². The third-order valence-electron chi connectivity index (χ3n) is 2.65. The number of amides is 1. The van der Waals surface area contributed by atoms with Crippen LogP contribution in [0.3, 0.4) is 0 Å². The zero-order valence-corrected chi connectivity index (χ0v) is 9.62. The maximum absolute atomic E-state index is 11.6. The average molecular weight is 220 g/mol. The number of para-hydroxylation sites is 1. The highest BCUT2D eigenvalue weighted by atomic mass is 16.5. The molecule has 0 aliphatic carbocycles. The molecule has 1 amide bonds. The molecule has 0 saturated heterocycles. The SMILES string of the molecule is CCOc1cccc2c1NC(=O)CCN2C. The standard InChI is InChI=1S/C12H16N2O2/c1-3-16-10-6-4-5-9-12(10)13-11(15)7-8-14(9)2/h4-6H,3,7-8H2,1-2H3,(H,13,15). The number of nitrogens with zero attached hydrogens (tertiary/aromatic N) is 1. The van der Waals surface area contributed by atoms with Gasteiger partial charge in [-0.3, -0.25) is 4.79 Å². The predicted octanol–water partition coefficient (Wildman–Crippen LogP) is 1.86. The quantitative estimate of drug-likeness (QED) is 0.827. The van der Waals surface area contributed by atoms with Gasteiger partial charge in [0.05, 0.1) is 12.3 Å². The Balaban J connectivity index is 2.45. The number of carbonyl (C=O) groups is 1. The van der Waals surface area contributed by atoms with E-state index in [-0.39, 0.29) is 5.91 Å². The molecule has 86 valence electrons. The molecule has 2 rings (SSSR count). The summed E-state index contributed by atoms with van der Waals surface area (Å²) >= 11 is 0. The monoisotopic (exact) mass is 220 g/mol. The Labute approximate surface area is 95.2 Å². The molecule has 0 radical (unpaired) electrons. The maximum atomic E-state index is 11.6. The van der Waals surface area contributed by atoms with Gasteiger partial charge in [0.15, 0.2) is 0 Å². The lowest BCUT2D eigenvalue weighted by molar-refractivity contribution is -0.115. The number of nitrogens with one attached hydrogen (secondary N) is 1. The first-order valence-corrected chi connectivity index (χ1v) is 5.49. The van der Waals surface area contributed by atoms with E-state index in [4.69, 9.17) is 4.74 Å². The highest BCUT2D eigenvalue weighted by Crippen LogP contribution is 2.36. The summed E-state index contributed by atoms with van der Waals surface area (Å²) in [6.07, 6.45) is 0.511. The molecule has 1 aromatic rings. The van der Waals surface area contributed by atoms with E-state index >= 15 is 0 Å². The molecule has 0 saturated carbocycles. The van der Waals surface area contributed by atoms with Crippen molar-refractivity contribution in [2.75, 3.05) is 30.4 Å². The third kappa shape index (κ3) is 1.96. The van der Waals surface area contributed by atoms with Gasteiger partial charge >= 0.3 is 0 Å². The summed E-state index contributed by atoms with van der Waals surface area (Å²) in [6.45, 7) is 3.26. The van der Waals surface area contributed by atoms with E-state index in [9.17, 15) is 4.79 Å². The Bertz CT molecular complexity index is 404. The zero-order valence-electron chi connectivity index (χ0n) is 9.62. The highest BCUT2D eigenvalue weighted by Gasteiger charge is 2.19. The highest BCUT2D eigenvalue weighted by molar-refractivity contribution is 5.98. The Hall–Kier alpha value is -1.71. The first kappa shape index (κ1) is 10.8. The normalized spacial score (nSPS) is 15.1. The van der Waals surface area contributed by atoms with E-state index < -0.39 is 0 Å². The molecule has 4 nitrogen and oxygen atoms in total. The van der Waals surface area contributed by atoms with Gasteiger partial charge in [-0.1, -0.05) is 6.07 Å². The van der Waals surface area contributed by atoms with Gasteiger partial charge in [-0.25, -0.2) is 0 Å². The number of hydrogen-bond donors (Lipinski definition) is 1. The van der Waals surface area contributed by atoms with Gasteiger partial charge < -0.3 is 15.0 Å². The number of carbonyl (C=O) groups excluding carboxylic acids is 1. The second-order valence-electron chi connectivity index (χ2n) is 3.80. The fraction of sp³-hybridized carbons (Fsp3) is 0.417. The van der Waals surface area contributed by atoms with E-state index in [2.05, 4.69) is 10.2 Å². The second-order valence-corrected chi connectivity index (χ2v) is 3.80. The van der Waals surface area contributed by atoms with Crippen molar-refractivity contribution in [2.45, 2.75) is 13.3 Å². The fourth-order valence-electron chi connectivity index (χ4n) is 1.83. The van der Waals surface area contributed by atoms with Crippen molar-refractivity contribution < 1.29 is 9.53 Å². The molecule has 1 heterocycles. The summed E-state index contributed by atoms with van der Waals surface area (Å²) in [5, 5.41) is 2.90. The summed E-state index contributed by atoms with van der Waals surface area (Å²) in [5.74, 6) is 0.778. The van der Waals surface area contributed by atoms with Crippen LogP contribution in [0.15, 0.2) is 18.2 Å². The van der Waals surface area contributed by atoms with Crippen molar-refractivity contribution in [3.63, 3.8) is 0 Å². The topological polar surface area (TPSA) is 41.6 Å². The van der Waals surface area contributed by atoms with Gasteiger partial charge in [-0.05, 0) is 19.1 Å². The van der Waals surface area contributed by atoms with Crippen LogP contribution in [0, 0.1) is 0 Å². The van der Waals surface area contributed by atoms with Gasteiger partial charge in [0.2, 0.25) is 5.91 Å². The van der Waals surface area contributed by atoms with Crippen LogP contribution in [0.2, 0.25) is 0 Å². The van der Waals surface area contributed by atoms with Gasteiger partial charge in [-0.2, -0.15) is 0 Å². The number of ether oxygens (including phenoxy) is 1. The minimum atomic E-state index is 0.0396. The van der Waals surface area contributed by atoms with Gasteiger partial charge in [0.25, 0.3) is 0 Å². The summed E-state index contributed by atoms with van der Waals surface area (Å²) in [5.41, 5.74) is 1.80. The van der Waals surface area contributed by atoms with Crippen molar-refractivity contribution in [1.82, 2.24) is 0 Å². The predicted molar refractivity (Wildman–Crippen MR) is 64.1 cm³/mol. The largest absolute Gasteiger partial charge is 0.492 e. The van der Waals surface area contributed by atoms with Crippen LogP contribution in [0.1, 0.15) is 13.3 Å². The summed E-state index contributed by atoms with van der Waals surface area (Å²) in [6, 6.07) is 5.81. The van der Waals surface area contributed by atoms with Crippen LogP contribution in [-0.4, -0.2) is 26.1 Å². The summed E-state index contributed by atoms with van der Waals surface area (Å²) in [4.78, 5) is 13.6. The van der Waals surface area contributed by atoms with Crippen LogP contribution < -0.4 is 15.0 Å². The number of fused-ring (bicyclic) bond motifs is 1. The van der Waals surface area contributed by atoms with Crippen LogP contribution in [0.25, 0.3) is 0 Å². The first-order chi connectivity index (χ1) is 7.72. The molecule has 0 atom stereocenters. The van der Waals surface area contributed by atoms with Crippen LogP contribution >= 0.6 is 0 Å². The van der Waals surface area contributed by atoms with Gasteiger partial charge in [0.1, 0.15) is 11.4 Å². The van der Waals surface area contributed by atoms with E-state index in [1.54, 1.807) is 0 Å². The molecular weight excluding hydrogens is 204 g/mol. The van der Waals surface area contributed by atoms with Crippen molar-refractivity contribution in [1.29, 1.82) is 0 Å². The summed E-state index contributed by atoms with van der Waals surface area (Å²) in [7, 11) is 1.98. The molecule has 1 N–H and O–H groups in total. The number of rotatable bonds is 2. The Morgan fingerprint density at radius 1 is 1.50 bits per heavy atom. The van der Waals surface area contributed by atoms with E-state index in [0.717, 1.165) is 23.7 Å². The maximum Gasteiger partial charge on any atom is 0.226 e. The van der Waals surface area contributed by atoms with E-state index in [1.807, 2.05) is 32.2 Å². The minimum absolute atomic E-state index is 0.0396. The first-order valence-electron chi connectivity index (χ1n) is 5.49. The molecule has 0 fully saturated rings. The van der Waals surface area contributed by atoms with Crippen LogP contribution in [0.5, 0.6) is 5.75 Å². The van der Waals surface area contributed by atoms with Crippen molar-refractivity contribution >= 4 is 17.3 Å².